The molecule has 0 amide bonds. The summed E-state index contributed by atoms with van der Waals surface area (Å²) < 4.78 is 0. The van der Waals surface area contributed by atoms with Gasteiger partial charge in [0.15, 0.2) is 0 Å². The maximum Gasteiger partial charge on any atom is 0.0137 e. The van der Waals surface area contributed by atoms with Crippen molar-refractivity contribution >= 4 is 0 Å². The number of nitrogens with zero attached hydrogens (tertiary/aromatic N) is 1. The Balaban J connectivity index is 2.19. The molecule has 0 radical (unpaired) electrons. The molecular formula is C9H18N2. The zero-order chi connectivity index (χ0) is 8.10. The van der Waals surface area contributed by atoms with Crippen LogP contribution in [-0.4, -0.2) is 38.6 Å². The van der Waals surface area contributed by atoms with Gasteiger partial charge in [0.25, 0.3) is 0 Å². The van der Waals surface area contributed by atoms with Crippen molar-refractivity contribution < 1.29 is 0 Å². The number of rotatable bonds is 3. The van der Waals surface area contributed by atoms with Gasteiger partial charge in [0, 0.05) is 13.1 Å². The van der Waals surface area contributed by atoms with Crippen LogP contribution in [0, 0.1) is 0 Å². The lowest BCUT2D eigenvalue weighted by atomic mass is 10.1. The highest BCUT2D eigenvalue weighted by molar-refractivity contribution is 5.06. The third kappa shape index (κ3) is 3.54. The Morgan fingerprint density at radius 2 is 2.36 bits per heavy atom. The molecule has 0 atom stereocenters. The standard InChI is InChI=1S/C9H18N2/c1-11(2)8-5-9-3-6-10-7-4-9/h3,10H,4-8H2,1-2H3. The predicted molar refractivity (Wildman–Crippen MR) is 48.7 cm³/mol. The summed E-state index contributed by atoms with van der Waals surface area (Å²) in [6.45, 7) is 3.42. The average Bonchev–Trinajstić information content (AvgIpc) is 2.03. The molecule has 1 heterocycles. The summed E-state index contributed by atoms with van der Waals surface area (Å²) in [5.41, 5.74) is 1.62. The van der Waals surface area contributed by atoms with Crippen LogP contribution in [0.3, 0.4) is 0 Å². The van der Waals surface area contributed by atoms with Gasteiger partial charge in [0.1, 0.15) is 0 Å². The van der Waals surface area contributed by atoms with Crippen LogP contribution in [0.25, 0.3) is 0 Å². The van der Waals surface area contributed by atoms with Crippen molar-refractivity contribution in [3.05, 3.63) is 11.6 Å². The fourth-order valence-electron chi connectivity index (χ4n) is 1.26. The van der Waals surface area contributed by atoms with Crippen molar-refractivity contribution in [3.63, 3.8) is 0 Å². The van der Waals surface area contributed by atoms with Crippen molar-refractivity contribution in [1.82, 2.24) is 10.2 Å². The Morgan fingerprint density at radius 1 is 1.55 bits per heavy atom. The van der Waals surface area contributed by atoms with Gasteiger partial charge >= 0.3 is 0 Å². The van der Waals surface area contributed by atoms with E-state index in [0.29, 0.717) is 0 Å². The van der Waals surface area contributed by atoms with Gasteiger partial charge in [-0.05, 0) is 33.5 Å². The van der Waals surface area contributed by atoms with Crippen molar-refractivity contribution in [2.24, 2.45) is 0 Å². The number of nitrogens with one attached hydrogen (secondary N) is 1. The largest absolute Gasteiger partial charge is 0.313 e. The first kappa shape index (κ1) is 8.75. The highest BCUT2D eigenvalue weighted by Crippen LogP contribution is 2.08. The topological polar surface area (TPSA) is 15.3 Å². The zero-order valence-electron chi connectivity index (χ0n) is 7.56. The molecule has 0 aromatic heterocycles. The lowest BCUT2D eigenvalue weighted by Crippen LogP contribution is -2.22. The molecule has 0 saturated carbocycles. The van der Waals surface area contributed by atoms with Crippen LogP contribution in [0.15, 0.2) is 11.6 Å². The molecule has 2 heteroatoms. The van der Waals surface area contributed by atoms with Crippen molar-refractivity contribution in [1.29, 1.82) is 0 Å². The fourth-order valence-corrected chi connectivity index (χ4v) is 1.26. The van der Waals surface area contributed by atoms with Gasteiger partial charge in [-0.25, -0.2) is 0 Å². The molecule has 11 heavy (non-hydrogen) atoms. The normalized spacial score (nSPS) is 18.6. The van der Waals surface area contributed by atoms with Gasteiger partial charge < -0.3 is 10.2 Å². The molecular weight excluding hydrogens is 136 g/mol. The van der Waals surface area contributed by atoms with E-state index in [-0.39, 0.29) is 0 Å². The second-order valence-electron chi connectivity index (χ2n) is 3.37. The number of hydrogen-bond donors (Lipinski definition) is 1. The summed E-state index contributed by atoms with van der Waals surface area (Å²) in [5, 5.41) is 3.31. The van der Waals surface area contributed by atoms with E-state index in [9.17, 15) is 0 Å². The van der Waals surface area contributed by atoms with Crippen molar-refractivity contribution in [3.8, 4) is 0 Å². The Labute approximate surface area is 69.3 Å². The van der Waals surface area contributed by atoms with E-state index in [1.807, 2.05) is 0 Å². The average molecular weight is 154 g/mol. The van der Waals surface area contributed by atoms with E-state index < -0.39 is 0 Å². The van der Waals surface area contributed by atoms with E-state index in [0.717, 1.165) is 6.54 Å². The molecule has 0 bridgehead atoms. The van der Waals surface area contributed by atoms with Gasteiger partial charge in [-0.3, -0.25) is 0 Å². The molecule has 1 rings (SSSR count). The first-order valence-corrected chi connectivity index (χ1v) is 4.32. The van der Waals surface area contributed by atoms with E-state index in [1.165, 1.54) is 25.9 Å². The van der Waals surface area contributed by atoms with Gasteiger partial charge in [0.2, 0.25) is 0 Å². The lowest BCUT2D eigenvalue weighted by molar-refractivity contribution is 0.409. The summed E-state index contributed by atoms with van der Waals surface area (Å²) in [6, 6.07) is 0. The van der Waals surface area contributed by atoms with E-state index in [1.54, 1.807) is 5.57 Å². The summed E-state index contributed by atoms with van der Waals surface area (Å²) in [5.74, 6) is 0. The van der Waals surface area contributed by atoms with Crippen LogP contribution in [-0.2, 0) is 0 Å². The minimum atomic E-state index is 1.07. The van der Waals surface area contributed by atoms with Crippen LogP contribution < -0.4 is 5.32 Å². The monoisotopic (exact) mass is 154 g/mol. The lowest BCUT2D eigenvalue weighted by Gasteiger charge is -2.16. The number of hydrogen-bond acceptors (Lipinski definition) is 2. The Morgan fingerprint density at radius 3 is 2.91 bits per heavy atom. The third-order valence-corrected chi connectivity index (χ3v) is 2.04. The molecule has 0 unspecified atom stereocenters. The molecule has 2 nitrogen and oxygen atoms in total. The minimum Gasteiger partial charge on any atom is -0.313 e. The van der Waals surface area contributed by atoms with Crippen LogP contribution in [0.2, 0.25) is 0 Å². The second-order valence-corrected chi connectivity index (χ2v) is 3.37. The molecule has 0 fully saturated rings. The van der Waals surface area contributed by atoms with Crippen LogP contribution in [0.1, 0.15) is 12.8 Å². The second kappa shape index (κ2) is 4.52. The zero-order valence-corrected chi connectivity index (χ0v) is 7.56. The third-order valence-electron chi connectivity index (χ3n) is 2.04. The van der Waals surface area contributed by atoms with Gasteiger partial charge in [-0.1, -0.05) is 11.6 Å². The van der Waals surface area contributed by atoms with Crippen molar-refractivity contribution in [2.45, 2.75) is 12.8 Å². The maximum absolute atomic E-state index is 3.31. The summed E-state index contributed by atoms with van der Waals surface area (Å²) >= 11 is 0. The van der Waals surface area contributed by atoms with Gasteiger partial charge in [-0.15, -0.1) is 0 Å². The van der Waals surface area contributed by atoms with E-state index >= 15 is 0 Å². The van der Waals surface area contributed by atoms with Crippen LogP contribution >= 0.6 is 0 Å². The Kier molecular flexibility index (Phi) is 3.60. The summed E-state index contributed by atoms with van der Waals surface area (Å²) in [4.78, 5) is 2.24. The smallest absolute Gasteiger partial charge is 0.0137 e. The fraction of sp³-hybridized carbons (Fsp3) is 0.778. The van der Waals surface area contributed by atoms with E-state index in [2.05, 4.69) is 30.4 Å². The highest BCUT2D eigenvalue weighted by atomic mass is 15.0. The van der Waals surface area contributed by atoms with Gasteiger partial charge in [-0.2, -0.15) is 0 Å². The quantitative estimate of drug-likeness (QED) is 0.606. The predicted octanol–water partition coefficient (Wildman–Crippen LogP) is 0.858. The molecule has 0 aliphatic carbocycles. The molecule has 0 saturated heterocycles. The molecule has 0 aromatic rings. The maximum atomic E-state index is 3.31. The molecule has 64 valence electrons. The van der Waals surface area contributed by atoms with Crippen LogP contribution in [0.5, 0.6) is 0 Å². The highest BCUT2D eigenvalue weighted by Gasteiger charge is 2.02. The molecule has 1 aliphatic rings. The van der Waals surface area contributed by atoms with E-state index in [4.69, 9.17) is 0 Å². The molecule has 1 aliphatic heterocycles. The molecule has 0 spiro atoms. The van der Waals surface area contributed by atoms with Crippen molar-refractivity contribution in [2.75, 3.05) is 33.7 Å². The summed E-state index contributed by atoms with van der Waals surface area (Å²) in [7, 11) is 4.25. The summed E-state index contributed by atoms with van der Waals surface area (Å²) in [6.07, 6.45) is 4.81. The Hall–Kier alpha value is -0.340. The SMILES string of the molecule is CN(C)CCC1=CCNCC1. The van der Waals surface area contributed by atoms with Crippen LogP contribution in [0.4, 0.5) is 0 Å². The molecule has 0 aromatic carbocycles. The van der Waals surface area contributed by atoms with Gasteiger partial charge in [0.05, 0.1) is 0 Å². The Bertz CT molecular complexity index is 138. The molecule has 1 N–H and O–H groups in total. The first-order valence-electron chi connectivity index (χ1n) is 4.32. The first-order chi connectivity index (χ1) is 5.29. The minimum absolute atomic E-state index is 1.07.